The average Bonchev–Trinajstić information content (AvgIpc) is 2.90. The average molecular weight is 287 g/mol. The second-order valence-electron chi connectivity index (χ2n) is 4.67. The number of thiazole rings is 1. The Morgan fingerprint density at radius 3 is 3.00 bits per heavy atom. The molecule has 0 bridgehead atoms. The molecule has 2 amide bonds. The Kier molecular flexibility index (Phi) is 3.23. The zero-order valence-electron chi connectivity index (χ0n) is 10.9. The maximum atomic E-state index is 12.6. The van der Waals surface area contributed by atoms with E-state index < -0.39 is 0 Å². The molecule has 1 N–H and O–H groups in total. The fourth-order valence-corrected chi connectivity index (χ4v) is 2.86. The summed E-state index contributed by atoms with van der Waals surface area (Å²) in [5.74, 6) is -0.263. The third-order valence-corrected chi connectivity index (χ3v) is 3.82. The fraction of sp³-hybridized carbons (Fsp3) is 0.214. The minimum Gasteiger partial charge on any atom is -0.324 e. The van der Waals surface area contributed by atoms with E-state index in [0.717, 1.165) is 0 Å². The highest BCUT2D eigenvalue weighted by Gasteiger charge is 2.30. The van der Waals surface area contributed by atoms with E-state index in [0.29, 0.717) is 17.1 Å². The van der Waals surface area contributed by atoms with E-state index in [2.05, 4.69) is 10.3 Å². The minimum atomic E-state index is -0.215. The molecule has 0 radical (unpaired) electrons. The normalized spacial score (nSPS) is 18.1. The van der Waals surface area contributed by atoms with Crippen LogP contribution in [0.25, 0.3) is 0 Å². The van der Waals surface area contributed by atoms with E-state index in [-0.39, 0.29) is 24.3 Å². The molecule has 1 aromatic carbocycles. The molecule has 0 spiro atoms. The third kappa shape index (κ3) is 2.18. The summed E-state index contributed by atoms with van der Waals surface area (Å²) in [4.78, 5) is 30.2. The number of hydrogen-bond acceptors (Lipinski definition) is 4. The summed E-state index contributed by atoms with van der Waals surface area (Å²) in [5.41, 5.74) is 3.41. The monoisotopic (exact) mass is 287 g/mol. The van der Waals surface area contributed by atoms with Gasteiger partial charge >= 0.3 is 0 Å². The van der Waals surface area contributed by atoms with E-state index in [1.807, 2.05) is 25.1 Å². The van der Waals surface area contributed by atoms with Crippen LogP contribution in [0.15, 0.2) is 35.2 Å². The minimum absolute atomic E-state index is 0.0847. The maximum absolute atomic E-state index is 12.6. The number of fused-ring (bicyclic) bond motifs is 1. The molecule has 0 fully saturated rings. The van der Waals surface area contributed by atoms with Crippen LogP contribution >= 0.6 is 11.3 Å². The Hall–Kier alpha value is -2.21. The van der Waals surface area contributed by atoms with Crippen LogP contribution in [-0.4, -0.2) is 22.8 Å². The van der Waals surface area contributed by atoms with E-state index in [4.69, 9.17) is 0 Å². The number of nitrogens with one attached hydrogen (secondary N) is 1. The molecule has 2 heterocycles. The predicted octanol–water partition coefficient (Wildman–Crippen LogP) is 2.52. The maximum Gasteiger partial charge on any atom is 0.278 e. The zero-order valence-corrected chi connectivity index (χ0v) is 11.7. The number of anilines is 2. The Morgan fingerprint density at radius 2 is 2.25 bits per heavy atom. The van der Waals surface area contributed by atoms with Crippen LogP contribution in [0.2, 0.25) is 0 Å². The quantitative estimate of drug-likeness (QED) is 0.876. The van der Waals surface area contributed by atoms with E-state index in [1.165, 1.54) is 11.3 Å². The highest BCUT2D eigenvalue weighted by molar-refractivity contribution is 7.07. The van der Waals surface area contributed by atoms with Crippen LogP contribution in [0.1, 0.15) is 23.8 Å². The summed E-state index contributed by atoms with van der Waals surface area (Å²) < 4.78 is 0. The lowest BCUT2D eigenvalue weighted by atomic mass is 10.1. The lowest BCUT2D eigenvalue weighted by Gasteiger charge is -2.27. The molecule has 2 aromatic rings. The molecule has 1 aliphatic heterocycles. The van der Waals surface area contributed by atoms with Crippen molar-refractivity contribution < 1.29 is 9.59 Å². The molecule has 1 atom stereocenters. The molecule has 0 aliphatic carbocycles. The Morgan fingerprint density at radius 1 is 1.45 bits per heavy atom. The van der Waals surface area contributed by atoms with E-state index >= 15 is 0 Å². The molecular formula is C14H13N3O2S. The molecule has 0 saturated heterocycles. The zero-order chi connectivity index (χ0) is 14.1. The largest absolute Gasteiger partial charge is 0.324 e. The first kappa shape index (κ1) is 12.8. The van der Waals surface area contributed by atoms with E-state index in [9.17, 15) is 9.59 Å². The number of benzene rings is 1. The van der Waals surface area contributed by atoms with Crippen molar-refractivity contribution in [2.24, 2.45) is 0 Å². The van der Waals surface area contributed by atoms with Gasteiger partial charge in [-0.1, -0.05) is 12.1 Å². The molecule has 3 rings (SSSR count). The second kappa shape index (κ2) is 5.05. The number of rotatable bonds is 1. The first-order valence-corrected chi connectivity index (χ1v) is 7.21. The molecule has 1 unspecified atom stereocenters. The molecule has 0 saturated carbocycles. The van der Waals surface area contributed by atoms with Crippen molar-refractivity contribution in [1.29, 1.82) is 0 Å². The molecule has 20 heavy (non-hydrogen) atoms. The second-order valence-corrected chi connectivity index (χ2v) is 5.39. The molecule has 1 aliphatic rings. The number of carbonyl (C=O) groups excluding carboxylic acids is 2. The highest BCUT2D eigenvalue weighted by Crippen LogP contribution is 2.32. The van der Waals surface area contributed by atoms with Crippen molar-refractivity contribution in [1.82, 2.24) is 4.98 Å². The van der Waals surface area contributed by atoms with Crippen LogP contribution in [0, 0.1) is 0 Å². The van der Waals surface area contributed by atoms with Crippen molar-refractivity contribution in [3.63, 3.8) is 0 Å². The number of hydrogen-bond donors (Lipinski definition) is 1. The Bertz CT molecular complexity index is 654. The summed E-state index contributed by atoms with van der Waals surface area (Å²) >= 11 is 1.38. The van der Waals surface area contributed by atoms with E-state index in [1.54, 1.807) is 21.9 Å². The SMILES string of the molecule is CC1CC(=O)Nc2ccccc2N1C(=O)c1cscn1. The van der Waals surface area contributed by atoms with Gasteiger partial charge in [-0.2, -0.15) is 0 Å². The molecule has 102 valence electrons. The summed E-state index contributed by atoms with van der Waals surface area (Å²) in [7, 11) is 0. The summed E-state index contributed by atoms with van der Waals surface area (Å²) in [6.07, 6.45) is 0.268. The number of aromatic nitrogens is 1. The number of para-hydroxylation sites is 2. The van der Waals surface area contributed by atoms with Crippen molar-refractivity contribution in [2.75, 3.05) is 10.2 Å². The van der Waals surface area contributed by atoms with Crippen molar-refractivity contribution in [3.8, 4) is 0 Å². The van der Waals surface area contributed by atoms with Gasteiger partial charge in [-0.3, -0.25) is 9.59 Å². The summed E-state index contributed by atoms with van der Waals surface area (Å²) in [5, 5.41) is 4.55. The first-order chi connectivity index (χ1) is 9.66. The van der Waals surface area contributed by atoms with Gasteiger partial charge in [0, 0.05) is 17.8 Å². The van der Waals surface area contributed by atoms with Gasteiger partial charge in [0.1, 0.15) is 5.69 Å². The van der Waals surface area contributed by atoms with Gasteiger partial charge < -0.3 is 10.2 Å². The van der Waals surface area contributed by atoms with Crippen LogP contribution in [0.5, 0.6) is 0 Å². The first-order valence-electron chi connectivity index (χ1n) is 6.27. The highest BCUT2D eigenvalue weighted by atomic mass is 32.1. The van der Waals surface area contributed by atoms with Crippen molar-refractivity contribution >= 4 is 34.5 Å². The smallest absolute Gasteiger partial charge is 0.278 e. The van der Waals surface area contributed by atoms with Crippen LogP contribution in [0.4, 0.5) is 11.4 Å². The summed E-state index contributed by atoms with van der Waals surface area (Å²) in [6, 6.07) is 7.10. The fourth-order valence-electron chi connectivity index (χ4n) is 2.34. The third-order valence-electron chi connectivity index (χ3n) is 3.23. The standard InChI is InChI=1S/C14H13N3O2S/c1-9-6-13(18)16-10-4-2-3-5-12(10)17(9)14(19)11-7-20-8-15-11/h2-5,7-9H,6H2,1H3,(H,16,18). The number of nitrogens with zero attached hydrogens (tertiary/aromatic N) is 2. The lowest BCUT2D eigenvalue weighted by molar-refractivity contribution is -0.116. The topological polar surface area (TPSA) is 62.3 Å². The van der Waals surface area contributed by atoms with Gasteiger partial charge in [0.25, 0.3) is 5.91 Å². The van der Waals surface area contributed by atoms with Crippen LogP contribution in [-0.2, 0) is 4.79 Å². The van der Waals surface area contributed by atoms with Gasteiger partial charge in [0.15, 0.2) is 0 Å². The Balaban J connectivity index is 2.08. The van der Waals surface area contributed by atoms with Gasteiger partial charge in [0.05, 0.1) is 16.9 Å². The van der Waals surface area contributed by atoms with Gasteiger partial charge in [-0.25, -0.2) is 4.98 Å². The van der Waals surface area contributed by atoms with Crippen molar-refractivity contribution in [3.05, 3.63) is 40.8 Å². The molecule has 5 nitrogen and oxygen atoms in total. The number of carbonyl (C=O) groups is 2. The van der Waals surface area contributed by atoms with Gasteiger partial charge in [-0.15, -0.1) is 11.3 Å². The predicted molar refractivity (Wildman–Crippen MR) is 78.1 cm³/mol. The van der Waals surface area contributed by atoms with Gasteiger partial charge in [-0.05, 0) is 19.1 Å². The van der Waals surface area contributed by atoms with Crippen LogP contribution in [0.3, 0.4) is 0 Å². The number of amides is 2. The molecule has 1 aromatic heterocycles. The van der Waals surface area contributed by atoms with Crippen molar-refractivity contribution in [2.45, 2.75) is 19.4 Å². The molecular weight excluding hydrogens is 274 g/mol. The summed E-state index contributed by atoms with van der Waals surface area (Å²) in [6.45, 7) is 1.87. The van der Waals surface area contributed by atoms with Crippen LogP contribution < -0.4 is 10.2 Å². The Labute approximate surface area is 120 Å². The lowest BCUT2D eigenvalue weighted by Crippen LogP contribution is -2.39. The van der Waals surface area contributed by atoms with Gasteiger partial charge in [0.2, 0.25) is 5.91 Å². The molecule has 6 heteroatoms.